The van der Waals surface area contributed by atoms with E-state index in [1.54, 1.807) is 13.2 Å². The van der Waals surface area contributed by atoms with Gasteiger partial charge in [0.15, 0.2) is 0 Å². The van der Waals surface area contributed by atoms with E-state index in [-0.39, 0.29) is 11.7 Å². The quantitative estimate of drug-likeness (QED) is 0.921. The van der Waals surface area contributed by atoms with Crippen LogP contribution < -0.4 is 10.5 Å². The molecular formula is C16H22FN3O. The van der Waals surface area contributed by atoms with Gasteiger partial charge in [0.05, 0.1) is 12.8 Å². The Hall–Kier alpha value is -1.88. The Balaban J connectivity index is 2.51. The molecule has 21 heavy (non-hydrogen) atoms. The molecule has 0 aliphatic rings. The molecule has 0 fully saturated rings. The maximum atomic E-state index is 13.6. The van der Waals surface area contributed by atoms with Crippen LogP contribution in [-0.2, 0) is 7.05 Å². The van der Waals surface area contributed by atoms with Gasteiger partial charge in [0.2, 0.25) is 0 Å². The van der Waals surface area contributed by atoms with Gasteiger partial charge in [0.25, 0.3) is 0 Å². The molecule has 1 heterocycles. The van der Waals surface area contributed by atoms with Gasteiger partial charge >= 0.3 is 0 Å². The average Bonchev–Trinajstić information content (AvgIpc) is 2.83. The lowest BCUT2D eigenvalue weighted by molar-refractivity contribution is 0.405. The highest BCUT2D eigenvalue weighted by molar-refractivity contribution is 5.41. The smallest absolute Gasteiger partial charge is 0.123 e. The Kier molecular flexibility index (Phi) is 4.63. The number of rotatable bonds is 5. The van der Waals surface area contributed by atoms with Crippen molar-refractivity contribution in [1.29, 1.82) is 0 Å². The third-order valence-electron chi connectivity index (χ3n) is 3.69. The lowest BCUT2D eigenvalue weighted by Crippen LogP contribution is -2.18. The molecule has 2 N–H and O–H groups in total. The minimum atomic E-state index is -0.296. The van der Waals surface area contributed by atoms with Crippen LogP contribution in [0.25, 0.3) is 0 Å². The van der Waals surface area contributed by atoms with Gasteiger partial charge in [-0.1, -0.05) is 13.8 Å². The van der Waals surface area contributed by atoms with Crippen LogP contribution in [0.15, 0.2) is 24.3 Å². The van der Waals surface area contributed by atoms with E-state index in [0.717, 1.165) is 17.0 Å². The standard InChI is InChI=1S/C16H22FN3O/c1-10(2)14-8-15(20(3)19-14)13(9-18)12-7-11(17)5-6-16(12)21-4/h5-8,10,13H,9,18H2,1-4H3. The molecular weight excluding hydrogens is 269 g/mol. The number of ether oxygens (including phenoxy) is 1. The fourth-order valence-electron chi connectivity index (χ4n) is 2.50. The monoisotopic (exact) mass is 291 g/mol. The Bertz CT molecular complexity index is 622. The zero-order valence-electron chi connectivity index (χ0n) is 12.9. The number of nitrogens with two attached hydrogens (primary N) is 1. The summed E-state index contributed by atoms with van der Waals surface area (Å²) in [6.45, 7) is 4.54. The Morgan fingerprint density at radius 2 is 2.05 bits per heavy atom. The van der Waals surface area contributed by atoms with Crippen LogP contribution >= 0.6 is 0 Å². The molecule has 1 aromatic heterocycles. The van der Waals surface area contributed by atoms with Crippen LogP contribution in [0.1, 0.15) is 42.6 Å². The molecule has 0 aliphatic heterocycles. The summed E-state index contributed by atoms with van der Waals surface area (Å²) < 4.78 is 20.8. The van der Waals surface area contributed by atoms with E-state index in [0.29, 0.717) is 18.2 Å². The largest absolute Gasteiger partial charge is 0.496 e. The summed E-state index contributed by atoms with van der Waals surface area (Å²) in [5, 5.41) is 4.51. The van der Waals surface area contributed by atoms with E-state index in [1.165, 1.54) is 12.1 Å². The van der Waals surface area contributed by atoms with Crippen molar-refractivity contribution in [3.63, 3.8) is 0 Å². The number of halogens is 1. The normalized spacial score (nSPS) is 12.7. The average molecular weight is 291 g/mol. The molecule has 0 saturated heterocycles. The van der Waals surface area contributed by atoms with Crippen LogP contribution in [0.2, 0.25) is 0 Å². The fraction of sp³-hybridized carbons (Fsp3) is 0.438. The van der Waals surface area contributed by atoms with Crippen molar-refractivity contribution < 1.29 is 9.13 Å². The van der Waals surface area contributed by atoms with Crippen molar-refractivity contribution >= 4 is 0 Å². The molecule has 1 unspecified atom stereocenters. The first kappa shape index (κ1) is 15.5. The van der Waals surface area contributed by atoms with E-state index in [9.17, 15) is 4.39 Å². The van der Waals surface area contributed by atoms with Gasteiger partial charge in [0.1, 0.15) is 11.6 Å². The van der Waals surface area contributed by atoms with Crippen LogP contribution in [0.4, 0.5) is 4.39 Å². The number of hydrogen-bond donors (Lipinski definition) is 1. The lowest BCUT2D eigenvalue weighted by Gasteiger charge is -2.18. The molecule has 1 aromatic carbocycles. The van der Waals surface area contributed by atoms with Gasteiger partial charge < -0.3 is 10.5 Å². The number of benzene rings is 1. The molecule has 114 valence electrons. The molecule has 2 rings (SSSR count). The van der Waals surface area contributed by atoms with Gasteiger partial charge in [-0.2, -0.15) is 5.10 Å². The third-order valence-corrected chi connectivity index (χ3v) is 3.69. The first-order valence-corrected chi connectivity index (χ1v) is 7.05. The van der Waals surface area contributed by atoms with Crippen LogP contribution in [-0.4, -0.2) is 23.4 Å². The summed E-state index contributed by atoms with van der Waals surface area (Å²) in [6.07, 6.45) is 0. The summed E-state index contributed by atoms with van der Waals surface area (Å²) in [5.74, 6) is 0.521. The zero-order valence-corrected chi connectivity index (χ0v) is 12.9. The number of aromatic nitrogens is 2. The molecule has 0 saturated carbocycles. The van der Waals surface area contributed by atoms with Crippen LogP contribution in [0.5, 0.6) is 5.75 Å². The fourth-order valence-corrected chi connectivity index (χ4v) is 2.50. The van der Waals surface area contributed by atoms with Gasteiger partial charge in [0, 0.05) is 30.8 Å². The Morgan fingerprint density at radius 1 is 1.33 bits per heavy atom. The Labute approximate surface area is 124 Å². The topological polar surface area (TPSA) is 53.1 Å². The third kappa shape index (κ3) is 3.08. The van der Waals surface area contributed by atoms with E-state index in [2.05, 4.69) is 18.9 Å². The SMILES string of the molecule is COc1ccc(F)cc1C(CN)c1cc(C(C)C)nn1C. The van der Waals surface area contributed by atoms with Crippen molar-refractivity contribution in [2.75, 3.05) is 13.7 Å². The van der Waals surface area contributed by atoms with E-state index in [4.69, 9.17) is 10.5 Å². The maximum absolute atomic E-state index is 13.6. The van der Waals surface area contributed by atoms with Gasteiger partial charge in [-0.25, -0.2) is 4.39 Å². The van der Waals surface area contributed by atoms with Crippen molar-refractivity contribution in [2.24, 2.45) is 12.8 Å². The van der Waals surface area contributed by atoms with Crippen LogP contribution in [0.3, 0.4) is 0 Å². The molecule has 0 amide bonds. The van der Waals surface area contributed by atoms with E-state index in [1.807, 2.05) is 17.8 Å². The number of methoxy groups -OCH3 is 1. The predicted molar refractivity (Wildman–Crippen MR) is 81.1 cm³/mol. The highest BCUT2D eigenvalue weighted by Gasteiger charge is 2.22. The molecule has 0 bridgehead atoms. The molecule has 1 atom stereocenters. The first-order chi connectivity index (χ1) is 9.97. The summed E-state index contributed by atoms with van der Waals surface area (Å²) in [5.41, 5.74) is 8.66. The molecule has 0 aliphatic carbocycles. The molecule has 5 heteroatoms. The highest BCUT2D eigenvalue weighted by atomic mass is 19.1. The lowest BCUT2D eigenvalue weighted by atomic mass is 9.93. The van der Waals surface area contributed by atoms with Crippen molar-refractivity contribution in [2.45, 2.75) is 25.7 Å². The zero-order chi connectivity index (χ0) is 15.6. The van der Waals surface area contributed by atoms with E-state index < -0.39 is 0 Å². The summed E-state index contributed by atoms with van der Waals surface area (Å²) in [6, 6.07) is 6.54. The second-order valence-electron chi connectivity index (χ2n) is 5.45. The molecule has 2 aromatic rings. The molecule has 4 nitrogen and oxygen atoms in total. The summed E-state index contributed by atoms with van der Waals surface area (Å²) in [4.78, 5) is 0. The van der Waals surface area contributed by atoms with Crippen molar-refractivity contribution in [3.05, 3.63) is 47.0 Å². The Morgan fingerprint density at radius 3 is 2.57 bits per heavy atom. The molecule has 0 spiro atoms. The summed E-state index contributed by atoms with van der Waals surface area (Å²) >= 11 is 0. The number of hydrogen-bond acceptors (Lipinski definition) is 3. The highest BCUT2D eigenvalue weighted by Crippen LogP contribution is 2.32. The maximum Gasteiger partial charge on any atom is 0.123 e. The van der Waals surface area contributed by atoms with Gasteiger partial charge in [-0.05, 0) is 30.2 Å². The van der Waals surface area contributed by atoms with Gasteiger partial charge in [-0.15, -0.1) is 0 Å². The minimum Gasteiger partial charge on any atom is -0.496 e. The predicted octanol–water partition coefficient (Wildman–Crippen LogP) is 2.78. The van der Waals surface area contributed by atoms with Crippen LogP contribution in [0, 0.1) is 5.82 Å². The number of aryl methyl sites for hydroxylation is 1. The second kappa shape index (κ2) is 6.26. The molecule has 0 radical (unpaired) electrons. The van der Waals surface area contributed by atoms with E-state index >= 15 is 0 Å². The first-order valence-electron chi connectivity index (χ1n) is 7.05. The van der Waals surface area contributed by atoms with Gasteiger partial charge in [-0.3, -0.25) is 4.68 Å². The number of nitrogens with zero attached hydrogens (tertiary/aromatic N) is 2. The second-order valence-corrected chi connectivity index (χ2v) is 5.45. The minimum absolute atomic E-state index is 0.152. The summed E-state index contributed by atoms with van der Waals surface area (Å²) in [7, 11) is 3.46. The van der Waals surface area contributed by atoms with Crippen molar-refractivity contribution in [3.8, 4) is 5.75 Å². The van der Waals surface area contributed by atoms with Crippen molar-refractivity contribution in [1.82, 2.24) is 9.78 Å².